The summed E-state index contributed by atoms with van der Waals surface area (Å²) < 4.78 is 53.3. The molecule has 10 heteroatoms. The SMILES string of the molecule is O=S(=O)(NCCCCCNc1nc2c(s1)CCSc1ccccc1-2)c1ccc(F)cc1F. The molecule has 0 bridgehead atoms. The number of fused-ring (bicyclic) bond motifs is 3. The minimum atomic E-state index is -3.99. The maximum Gasteiger partial charge on any atom is 0.243 e. The van der Waals surface area contributed by atoms with Crippen LogP contribution in [0.3, 0.4) is 0 Å². The van der Waals surface area contributed by atoms with Gasteiger partial charge in [-0.3, -0.25) is 0 Å². The fraction of sp³-hybridized carbons (Fsp3) is 0.318. The van der Waals surface area contributed by atoms with Crippen molar-refractivity contribution in [2.75, 3.05) is 24.2 Å². The molecule has 0 unspecified atom stereocenters. The number of sulfonamides is 1. The molecule has 2 aromatic carbocycles. The Hall–Kier alpha value is -2.01. The van der Waals surface area contributed by atoms with E-state index in [2.05, 4.69) is 28.2 Å². The van der Waals surface area contributed by atoms with Gasteiger partial charge in [-0.15, -0.1) is 23.1 Å². The van der Waals surface area contributed by atoms with Crippen molar-refractivity contribution in [1.82, 2.24) is 9.71 Å². The lowest BCUT2D eigenvalue weighted by atomic mass is 10.1. The Balaban J connectivity index is 1.22. The average molecular weight is 496 g/mol. The number of aryl methyl sites for hydroxylation is 1. The number of thioether (sulfide) groups is 1. The second kappa shape index (κ2) is 10.3. The van der Waals surface area contributed by atoms with Gasteiger partial charge in [-0.25, -0.2) is 26.9 Å². The zero-order chi connectivity index (χ0) is 22.6. The third-order valence-electron chi connectivity index (χ3n) is 5.03. The van der Waals surface area contributed by atoms with E-state index in [9.17, 15) is 17.2 Å². The number of anilines is 1. The maximum atomic E-state index is 13.7. The zero-order valence-electron chi connectivity index (χ0n) is 17.2. The molecule has 2 heterocycles. The lowest BCUT2D eigenvalue weighted by Gasteiger charge is -2.08. The summed E-state index contributed by atoms with van der Waals surface area (Å²) in [6.45, 7) is 0.932. The van der Waals surface area contributed by atoms with Gasteiger partial charge in [0.1, 0.15) is 16.5 Å². The quantitative estimate of drug-likeness (QED) is 0.395. The summed E-state index contributed by atoms with van der Waals surface area (Å²) in [6, 6.07) is 10.8. The van der Waals surface area contributed by atoms with Gasteiger partial charge in [0, 0.05) is 40.2 Å². The van der Waals surface area contributed by atoms with Crippen molar-refractivity contribution in [3.8, 4) is 11.3 Å². The van der Waals surface area contributed by atoms with Crippen LogP contribution in [0.2, 0.25) is 0 Å². The molecule has 3 aromatic rings. The van der Waals surface area contributed by atoms with Crippen molar-refractivity contribution in [1.29, 1.82) is 0 Å². The Kier molecular flexibility index (Phi) is 7.44. The van der Waals surface area contributed by atoms with Crippen LogP contribution in [-0.2, 0) is 16.4 Å². The van der Waals surface area contributed by atoms with Crippen LogP contribution in [-0.4, -0.2) is 32.2 Å². The topological polar surface area (TPSA) is 71.1 Å². The Bertz CT molecular complexity index is 1200. The summed E-state index contributed by atoms with van der Waals surface area (Å²) in [5, 5.41) is 4.28. The predicted octanol–water partition coefficient (Wildman–Crippen LogP) is 5.30. The Morgan fingerprint density at radius 2 is 1.84 bits per heavy atom. The summed E-state index contributed by atoms with van der Waals surface area (Å²) in [7, 11) is -3.99. The van der Waals surface area contributed by atoms with Crippen LogP contribution < -0.4 is 10.0 Å². The van der Waals surface area contributed by atoms with Crippen LogP contribution in [0.4, 0.5) is 13.9 Å². The number of benzene rings is 2. The van der Waals surface area contributed by atoms with Gasteiger partial charge in [0.25, 0.3) is 0 Å². The summed E-state index contributed by atoms with van der Waals surface area (Å²) in [5.41, 5.74) is 2.26. The minimum absolute atomic E-state index is 0.194. The highest BCUT2D eigenvalue weighted by molar-refractivity contribution is 7.99. The number of aromatic nitrogens is 1. The zero-order valence-corrected chi connectivity index (χ0v) is 19.7. The first-order chi connectivity index (χ1) is 15.4. The molecule has 32 heavy (non-hydrogen) atoms. The first-order valence-electron chi connectivity index (χ1n) is 10.3. The molecule has 1 aromatic heterocycles. The summed E-state index contributed by atoms with van der Waals surface area (Å²) in [4.78, 5) is 6.84. The van der Waals surface area contributed by atoms with Crippen LogP contribution in [0.25, 0.3) is 11.3 Å². The van der Waals surface area contributed by atoms with E-state index in [0.29, 0.717) is 12.5 Å². The molecule has 170 valence electrons. The van der Waals surface area contributed by atoms with Crippen LogP contribution in [0.5, 0.6) is 0 Å². The average Bonchev–Trinajstić information content (AvgIpc) is 3.07. The molecule has 0 atom stereocenters. The molecule has 2 N–H and O–H groups in total. The van der Waals surface area contributed by atoms with Crippen molar-refractivity contribution >= 4 is 38.3 Å². The standard InChI is InChI=1S/C22H23F2N3O2S3/c23-15-8-9-20(17(24)14-15)32(28,29)26-12-5-1-4-11-25-22-27-21-16-6-2-3-7-18(16)30-13-10-19(21)31-22/h2-3,6-9,14,26H,1,4-5,10-13H2,(H,25,27). The summed E-state index contributed by atoms with van der Waals surface area (Å²) >= 11 is 3.56. The summed E-state index contributed by atoms with van der Waals surface area (Å²) in [5.74, 6) is -0.859. The fourth-order valence-corrected chi connectivity index (χ4v) is 6.73. The molecule has 5 nitrogen and oxygen atoms in total. The first-order valence-corrected chi connectivity index (χ1v) is 13.6. The largest absolute Gasteiger partial charge is 0.361 e. The highest BCUT2D eigenvalue weighted by Gasteiger charge is 2.20. The Morgan fingerprint density at radius 1 is 1.03 bits per heavy atom. The number of hydrogen-bond donors (Lipinski definition) is 2. The molecular weight excluding hydrogens is 472 g/mol. The predicted molar refractivity (Wildman–Crippen MR) is 126 cm³/mol. The van der Waals surface area contributed by atoms with Gasteiger partial charge >= 0.3 is 0 Å². The fourth-order valence-electron chi connectivity index (χ4n) is 3.45. The molecule has 0 fully saturated rings. The van der Waals surface area contributed by atoms with Gasteiger partial charge in [0.05, 0.1) is 5.69 Å². The molecule has 0 aliphatic carbocycles. The van der Waals surface area contributed by atoms with E-state index in [1.807, 2.05) is 17.8 Å². The number of nitrogens with one attached hydrogen (secondary N) is 2. The van der Waals surface area contributed by atoms with E-state index in [1.165, 1.54) is 15.3 Å². The molecule has 0 saturated carbocycles. The second-order valence-electron chi connectivity index (χ2n) is 7.35. The van der Waals surface area contributed by atoms with E-state index >= 15 is 0 Å². The highest BCUT2D eigenvalue weighted by Crippen LogP contribution is 2.40. The van der Waals surface area contributed by atoms with Crippen molar-refractivity contribution in [2.24, 2.45) is 0 Å². The molecular formula is C22H23F2N3O2S3. The van der Waals surface area contributed by atoms with E-state index < -0.39 is 26.6 Å². The molecule has 0 spiro atoms. The van der Waals surface area contributed by atoms with E-state index in [1.54, 1.807) is 11.3 Å². The van der Waals surface area contributed by atoms with Crippen molar-refractivity contribution < 1.29 is 17.2 Å². The lowest BCUT2D eigenvalue weighted by Crippen LogP contribution is -2.25. The van der Waals surface area contributed by atoms with Gasteiger partial charge < -0.3 is 5.32 Å². The smallest absolute Gasteiger partial charge is 0.243 e. The van der Waals surface area contributed by atoms with Crippen molar-refractivity contribution in [2.45, 2.75) is 35.5 Å². The number of thiazole rings is 1. The minimum Gasteiger partial charge on any atom is -0.361 e. The van der Waals surface area contributed by atoms with Crippen molar-refractivity contribution in [3.63, 3.8) is 0 Å². The van der Waals surface area contributed by atoms with Crippen LogP contribution in [0.1, 0.15) is 24.1 Å². The van der Waals surface area contributed by atoms with E-state index in [4.69, 9.17) is 4.98 Å². The lowest BCUT2D eigenvalue weighted by molar-refractivity contribution is 0.541. The highest BCUT2D eigenvalue weighted by atomic mass is 32.2. The maximum absolute atomic E-state index is 13.7. The Labute approximate surface area is 194 Å². The molecule has 0 radical (unpaired) electrons. The van der Waals surface area contributed by atoms with Gasteiger partial charge in [-0.1, -0.05) is 24.6 Å². The van der Waals surface area contributed by atoms with Crippen molar-refractivity contribution in [3.05, 3.63) is 59.0 Å². The molecule has 0 amide bonds. The van der Waals surface area contributed by atoms with E-state index in [0.717, 1.165) is 54.5 Å². The number of rotatable bonds is 9. The molecule has 4 rings (SSSR count). The second-order valence-corrected chi connectivity index (χ2v) is 11.3. The monoisotopic (exact) mass is 495 g/mol. The number of unbranched alkanes of at least 4 members (excludes halogenated alkanes) is 2. The third-order valence-corrected chi connectivity index (χ3v) is 8.67. The number of nitrogens with zero attached hydrogens (tertiary/aromatic N) is 1. The molecule has 0 saturated heterocycles. The molecule has 1 aliphatic rings. The summed E-state index contributed by atoms with van der Waals surface area (Å²) in [6.07, 6.45) is 3.26. The van der Waals surface area contributed by atoms with E-state index in [-0.39, 0.29) is 6.54 Å². The number of hydrogen-bond acceptors (Lipinski definition) is 6. The molecule has 1 aliphatic heterocycles. The van der Waals surface area contributed by atoms with Crippen LogP contribution in [0, 0.1) is 11.6 Å². The Morgan fingerprint density at radius 3 is 2.69 bits per heavy atom. The van der Waals surface area contributed by atoms with Gasteiger partial charge in [-0.05, 0) is 37.5 Å². The first kappa shape index (κ1) is 23.2. The van der Waals surface area contributed by atoms with Crippen LogP contribution in [0.15, 0.2) is 52.3 Å². The van der Waals surface area contributed by atoms with Gasteiger partial charge in [-0.2, -0.15) is 0 Å². The third kappa shape index (κ3) is 5.48. The van der Waals surface area contributed by atoms with Gasteiger partial charge in [0.2, 0.25) is 10.0 Å². The number of halogens is 2. The normalized spacial score (nSPS) is 13.3. The van der Waals surface area contributed by atoms with Crippen LogP contribution >= 0.6 is 23.1 Å². The van der Waals surface area contributed by atoms with Gasteiger partial charge in [0.15, 0.2) is 5.13 Å².